The van der Waals surface area contributed by atoms with Crippen LogP contribution in [0.5, 0.6) is 0 Å². The second kappa shape index (κ2) is 7.82. The zero-order valence-corrected chi connectivity index (χ0v) is 15.6. The number of nitrogens with one attached hydrogen (secondary N) is 1. The molecule has 1 N–H and O–H groups in total. The molecule has 0 radical (unpaired) electrons. The standard InChI is InChI=1S/C20H21F3N2O2/c1-12-8-13(2)19(14(3)9-12)24-18(27)11-25(15(4)26)17-7-5-6-16(10-17)20(21,22)23/h5-10H,11H2,1-4H3,(H,24,27). The van der Waals surface area contributed by atoms with Crippen LogP contribution in [0.1, 0.15) is 29.2 Å². The number of amides is 2. The summed E-state index contributed by atoms with van der Waals surface area (Å²) < 4.78 is 38.8. The van der Waals surface area contributed by atoms with E-state index in [0.717, 1.165) is 33.7 Å². The van der Waals surface area contributed by atoms with Crippen molar-refractivity contribution in [2.24, 2.45) is 0 Å². The highest BCUT2D eigenvalue weighted by molar-refractivity contribution is 6.02. The molecular formula is C20H21F3N2O2. The van der Waals surface area contributed by atoms with Gasteiger partial charge >= 0.3 is 6.18 Å². The molecule has 2 rings (SSSR count). The van der Waals surface area contributed by atoms with Crippen LogP contribution in [0, 0.1) is 20.8 Å². The highest BCUT2D eigenvalue weighted by Gasteiger charge is 2.31. The van der Waals surface area contributed by atoms with Crippen molar-refractivity contribution in [2.75, 3.05) is 16.8 Å². The van der Waals surface area contributed by atoms with Crippen molar-refractivity contribution < 1.29 is 22.8 Å². The SMILES string of the molecule is CC(=O)N(CC(=O)Nc1c(C)cc(C)cc1C)c1cccc(C(F)(F)F)c1. The minimum absolute atomic E-state index is 0.0184. The summed E-state index contributed by atoms with van der Waals surface area (Å²) in [6, 6.07) is 8.18. The molecule has 2 aromatic rings. The number of benzene rings is 2. The predicted molar refractivity (Wildman–Crippen MR) is 98.8 cm³/mol. The van der Waals surface area contributed by atoms with E-state index >= 15 is 0 Å². The van der Waals surface area contributed by atoms with Crippen molar-refractivity contribution in [3.63, 3.8) is 0 Å². The van der Waals surface area contributed by atoms with E-state index in [2.05, 4.69) is 5.32 Å². The molecule has 27 heavy (non-hydrogen) atoms. The van der Waals surface area contributed by atoms with Crippen molar-refractivity contribution in [1.82, 2.24) is 0 Å². The average Bonchev–Trinajstić information content (AvgIpc) is 2.55. The van der Waals surface area contributed by atoms with E-state index in [1.165, 1.54) is 19.1 Å². The molecule has 0 saturated heterocycles. The van der Waals surface area contributed by atoms with Crippen LogP contribution >= 0.6 is 0 Å². The van der Waals surface area contributed by atoms with E-state index in [0.29, 0.717) is 5.69 Å². The van der Waals surface area contributed by atoms with Gasteiger partial charge in [-0.25, -0.2) is 0 Å². The maximum atomic E-state index is 12.9. The van der Waals surface area contributed by atoms with E-state index in [1.807, 2.05) is 32.9 Å². The van der Waals surface area contributed by atoms with Gasteiger partial charge in [-0.05, 0) is 50.1 Å². The molecule has 4 nitrogen and oxygen atoms in total. The molecule has 144 valence electrons. The summed E-state index contributed by atoms with van der Waals surface area (Å²) in [6.45, 7) is 6.46. The van der Waals surface area contributed by atoms with Crippen molar-refractivity contribution in [3.05, 3.63) is 58.7 Å². The Balaban J connectivity index is 2.25. The molecule has 7 heteroatoms. The number of anilines is 2. The maximum Gasteiger partial charge on any atom is 0.416 e. The van der Waals surface area contributed by atoms with Crippen LogP contribution in [0.4, 0.5) is 24.5 Å². The molecular weight excluding hydrogens is 357 g/mol. The summed E-state index contributed by atoms with van der Waals surface area (Å²) in [5, 5.41) is 2.75. The molecule has 0 aliphatic heterocycles. The van der Waals surface area contributed by atoms with E-state index in [4.69, 9.17) is 0 Å². The summed E-state index contributed by atoms with van der Waals surface area (Å²) in [7, 11) is 0. The largest absolute Gasteiger partial charge is 0.416 e. The molecule has 0 saturated carbocycles. The Labute approximate surface area is 156 Å². The van der Waals surface area contributed by atoms with Crippen LogP contribution in [0.2, 0.25) is 0 Å². The zero-order chi connectivity index (χ0) is 20.4. The maximum absolute atomic E-state index is 12.9. The average molecular weight is 378 g/mol. The van der Waals surface area contributed by atoms with Gasteiger partial charge < -0.3 is 10.2 Å². The molecule has 0 bridgehead atoms. The molecule has 0 aliphatic rings. The molecule has 2 amide bonds. The molecule has 2 aromatic carbocycles. The second-order valence-corrected chi connectivity index (χ2v) is 6.48. The van der Waals surface area contributed by atoms with Gasteiger partial charge in [0.2, 0.25) is 11.8 Å². The molecule has 0 fully saturated rings. The highest BCUT2D eigenvalue weighted by atomic mass is 19.4. The van der Waals surface area contributed by atoms with E-state index in [-0.39, 0.29) is 12.2 Å². The quantitative estimate of drug-likeness (QED) is 0.844. The van der Waals surface area contributed by atoms with Gasteiger partial charge in [-0.1, -0.05) is 23.8 Å². The van der Waals surface area contributed by atoms with Gasteiger partial charge in [-0.3, -0.25) is 9.59 Å². The third-order valence-electron chi connectivity index (χ3n) is 4.11. The molecule has 0 aliphatic carbocycles. The van der Waals surface area contributed by atoms with Crippen molar-refractivity contribution in [1.29, 1.82) is 0 Å². The first kappa shape index (κ1) is 20.5. The first-order valence-corrected chi connectivity index (χ1v) is 8.32. The Morgan fingerprint density at radius 3 is 2.15 bits per heavy atom. The van der Waals surface area contributed by atoms with Crippen molar-refractivity contribution in [2.45, 2.75) is 33.9 Å². The van der Waals surface area contributed by atoms with Gasteiger partial charge in [0.15, 0.2) is 0 Å². The van der Waals surface area contributed by atoms with Gasteiger partial charge in [0.25, 0.3) is 0 Å². The van der Waals surface area contributed by atoms with E-state index in [9.17, 15) is 22.8 Å². The number of hydrogen-bond acceptors (Lipinski definition) is 2. The monoisotopic (exact) mass is 378 g/mol. The van der Waals surface area contributed by atoms with Gasteiger partial charge in [-0.2, -0.15) is 13.2 Å². The minimum atomic E-state index is -4.53. The van der Waals surface area contributed by atoms with Crippen LogP contribution < -0.4 is 10.2 Å². The van der Waals surface area contributed by atoms with Crippen molar-refractivity contribution >= 4 is 23.2 Å². The van der Waals surface area contributed by atoms with Crippen LogP contribution in [0.15, 0.2) is 36.4 Å². The fraction of sp³-hybridized carbons (Fsp3) is 0.300. The van der Waals surface area contributed by atoms with Gasteiger partial charge in [-0.15, -0.1) is 0 Å². The normalized spacial score (nSPS) is 11.2. The molecule has 0 aromatic heterocycles. The number of nitrogens with zero attached hydrogens (tertiary/aromatic N) is 1. The lowest BCUT2D eigenvalue weighted by atomic mass is 10.1. The van der Waals surface area contributed by atoms with E-state index < -0.39 is 23.6 Å². The van der Waals surface area contributed by atoms with Crippen LogP contribution in [0.25, 0.3) is 0 Å². The van der Waals surface area contributed by atoms with Gasteiger partial charge in [0, 0.05) is 18.3 Å². The van der Waals surface area contributed by atoms with Gasteiger partial charge in [0.05, 0.1) is 5.56 Å². The fourth-order valence-electron chi connectivity index (χ4n) is 2.93. The smallest absolute Gasteiger partial charge is 0.324 e. The first-order valence-electron chi connectivity index (χ1n) is 8.32. The second-order valence-electron chi connectivity index (χ2n) is 6.48. The Hall–Kier alpha value is -2.83. The Morgan fingerprint density at radius 1 is 1.04 bits per heavy atom. The Kier molecular flexibility index (Phi) is 5.93. The number of aryl methyl sites for hydroxylation is 3. The topological polar surface area (TPSA) is 49.4 Å². The number of carbonyl (C=O) groups excluding carboxylic acids is 2. The minimum Gasteiger partial charge on any atom is -0.324 e. The molecule has 0 atom stereocenters. The summed E-state index contributed by atoms with van der Waals surface area (Å²) in [6.07, 6.45) is -4.53. The highest BCUT2D eigenvalue weighted by Crippen LogP contribution is 2.31. The number of rotatable bonds is 4. The number of hydrogen-bond donors (Lipinski definition) is 1. The van der Waals surface area contributed by atoms with Crippen molar-refractivity contribution in [3.8, 4) is 0 Å². The summed E-state index contributed by atoms with van der Waals surface area (Å²) in [5.74, 6) is -1.01. The summed E-state index contributed by atoms with van der Waals surface area (Å²) in [5.41, 5.74) is 2.57. The number of alkyl halides is 3. The predicted octanol–water partition coefficient (Wildman–Crippen LogP) is 4.62. The van der Waals surface area contributed by atoms with Gasteiger partial charge in [0.1, 0.15) is 6.54 Å². The molecule has 0 unspecified atom stereocenters. The van der Waals surface area contributed by atoms with E-state index in [1.54, 1.807) is 0 Å². The van der Waals surface area contributed by atoms with Crippen LogP contribution in [-0.2, 0) is 15.8 Å². The van der Waals surface area contributed by atoms with Crippen LogP contribution in [-0.4, -0.2) is 18.4 Å². The fourth-order valence-corrected chi connectivity index (χ4v) is 2.93. The number of halogens is 3. The lowest BCUT2D eigenvalue weighted by Gasteiger charge is -2.22. The lowest BCUT2D eigenvalue weighted by molar-refractivity contribution is -0.137. The third kappa shape index (κ3) is 5.09. The first-order chi connectivity index (χ1) is 12.5. The Bertz CT molecular complexity index is 853. The number of carbonyl (C=O) groups is 2. The summed E-state index contributed by atoms with van der Waals surface area (Å²) >= 11 is 0. The summed E-state index contributed by atoms with van der Waals surface area (Å²) in [4.78, 5) is 25.4. The lowest BCUT2D eigenvalue weighted by Crippen LogP contribution is -2.37. The molecule has 0 spiro atoms. The third-order valence-corrected chi connectivity index (χ3v) is 4.11. The Morgan fingerprint density at radius 2 is 1.63 bits per heavy atom. The van der Waals surface area contributed by atoms with Crippen LogP contribution in [0.3, 0.4) is 0 Å². The molecule has 0 heterocycles. The zero-order valence-electron chi connectivity index (χ0n) is 15.6.